The summed E-state index contributed by atoms with van der Waals surface area (Å²) in [5.41, 5.74) is 0.543. The number of methoxy groups -OCH3 is 1. The van der Waals surface area contributed by atoms with Gasteiger partial charge in [-0.2, -0.15) is 0 Å². The largest absolute Gasteiger partial charge is 0.468 e. The van der Waals surface area contributed by atoms with Crippen molar-refractivity contribution in [3.63, 3.8) is 0 Å². The monoisotopic (exact) mass is 270 g/mol. The third kappa shape index (κ3) is 1.52. The minimum absolute atomic E-state index is 0.401. The van der Waals surface area contributed by atoms with Gasteiger partial charge in [0.15, 0.2) is 5.92 Å². The zero-order chi connectivity index (χ0) is 11.0. The zero-order valence-corrected chi connectivity index (χ0v) is 9.41. The summed E-state index contributed by atoms with van der Waals surface area (Å²) < 4.78 is 10.2. The molecule has 5 heteroatoms. The fourth-order valence-corrected chi connectivity index (χ4v) is 1.95. The summed E-state index contributed by atoms with van der Waals surface area (Å²) in [4.78, 5) is 22.8. The third-order valence-corrected chi connectivity index (χ3v) is 2.81. The Bertz CT molecular complexity index is 441. The van der Waals surface area contributed by atoms with Crippen molar-refractivity contribution in [2.24, 2.45) is 0 Å². The number of fused-ring (bicyclic) bond motifs is 1. The summed E-state index contributed by atoms with van der Waals surface area (Å²) in [5.74, 6) is -1.75. The first kappa shape index (κ1) is 10.2. The van der Waals surface area contributed by atoms with Crippen LogP contribution in [0.15, 0.2) is 22.7 Å². The Balaban J connectivity index is 2.51. The predicted octanol–water partition coefficient (Wildman–Crippen LogP) is 1.62. The Morgan fingerprint density at radius 1 is 1.53 bits per heavy atom. The lowest BCUT2D eigenvalue weighted by Crippen LogP contribution is -2.20. The molecule has 1 unspecified atom stereocenters. The molecule has 4 nitrogen and oxygen atoms in total. The first-order valence-corrected chi connectivity index (χ1v) is 5.02. The second kappa shape index (κ2) is 3.66. The molecule has 1 aliphatic rings. The minimum atomic E-state index is -0.956. The van der Waals surface area contributed by atoms with Gasteiger partial charge in [0.1, 0.15) is 5.75 Å². The van der Waals surface area contributed by atoms with E-state index in [4.69, 9.17) is 4.74 Å². The number of carbonyl (C=O) groups excluding carboxylic acids is 2. The lowest BCUT2D eigenvalue weighted by molar-refractivity contribution is -0.149. The van der Waals surface area contributed by atoms with Crippen molar-refractivity contribution < 1.29 is 19.1 Å². The van der Waals surface area contributed by atoms with Crippen LogP contribution in [0, 0.1) is 0 Å². The molecule has 0 saturated carbocycles. The van der Waals surface area contributed by atoms with E-state index in [2.05, 4.69) is 20.7 Å². The van der Waals surface area contributed by atoms with Gasteiger partial charge in [-0.25, -0.2) is 0 Å². The van der Waals surface area contributed by atoms with Crippen molar-refractivity contribution in [2.45, 2.75) is 5.92 Å². The van der Waals surface area contributed by atoms with E-state index in [-0.39, 0.29) is 0 Å². The maximum absolute atomic E-state index is 11.4. The highest BCUT2D eigenvalue weighted by atomic mass is 79.9. The quantitative estimate of drug-likeness (QED) is 0.442. The molecule has 0 bridgehead atoms. The van der Waals surface area contributed by atoms with Crippen LogP contribution in [0.3, 0.4) is 0 Å². The van der Waals surface area contributed by atoms with E-state index in [0.29, 0.717) is 15.8 Å². The summed E-state index contributed by atoms with van der Waals surface area (Å²) in [7, 11) is 1.24. The van der Waals surface area contributed by atoms with Crippen LogP contribution in [0.1, 0.15) is 11.5 Å². The Morgan fingerprint density at radius 3 is 2.93 bits per heavy atom. The molecule has 0 saturated heterocycles. The minimum Gasteiger partial charge on any atom is -0.468 e. The van der Waals surface area contributed by atoms with Crippen LogP contribution in [0.25, 0.3) is 0 Å². The number of esters is 2. The Labute approximate surface area is 94.3 Å². The van der Waals surface area contributed by atoms with Crippen LogP contribution in [-0.2, 0) is 14.3 Å². The standard InChI is InChI=1S/C10H7BrO4/c1-14-9(12)7-5-3-2-4-6(11)8(5)15-10(7)13/h2-4,7H,1H3. The average Bonchev–Trinajstić information content (AvgIpc) is 2.55. The summed E-state index contributed by atoms with van der Waals surface area (Å²) in [6.07, 6.45) is 0. The SMILES string of the molecule is COC(=O)C1C(=O)Oc2c(Br)cccc21. The van der Waals surface area contributed by atoms with Crippen LogP contribution < -0.4 is 4.74 Å². The average molecular weight is 271 g/mol. The number of hydrogen-bond acceptors (Lipinski definition) is 4. The Morgan fingerprint density at radius 2 is 2.27 bits per heavy atom. The Hall–Kier alpha value is -1.36. The lowest BCUT2D eigenvalue weighted by Gasteiger charge is -2.03. The fourth-order valence-electron chi connectivity index (χ4n) is 1.49. The van der Waals surface area contributed by atoms with Gasteiger partial charge in [0.2, 0.25) is 0 Å². The maximum Gasteiger partial charge on any atom is 0.330 e. The van der Waals surface area contributed by atoms with E-state index in [1.165, 1.54) is 7.11 Å². The van der Waals surface area contributed by atoms with E-state index >= 15 is 0 Å². The topological polar surface area (TPSA) is 52.6 Å². The molecule has 78 valence electrons. The molecule has 1 aromatic carbocycles. The number of carbonyl (C=O) groups is 2. The first-order valence-electron chi connectivity index (χ1n) is 4.23. The van der Waals surface area contributed by atoms with E-state index < -0.39 is 17.9 Å². The molecule has 1 aliphatic heterocycles. The molecule has 0 radical (unpaired) electrons. The van der Waals surface area contributed by atoms with Crippen molar-refractivity contribution in [3.8, 4) is 5.75 Å². The van der Waals surface area contributed by atoms with Crippen molar-refractivity contribution in [1.82, 2.24) is 0 Å². The van der Waals surface area contributed by atoms with Gasteiger partial charge in [-0.1, -0.05) is 12.1 Å². The molecule has 0 aromatic heterocycles. The highest BCUT2D eigenvalue weighted by Crippen LogP contribution is 2.40. The summed E-state index contributed by atoms with van der Waals surface area (Å²) in [6.45, 7) is 0. The highest BCUT2D eigenvalue weighted by Gasteiger charge is 2.40. The molecule has 0 spiro atoms. The molecule has 0 fully saturated rings. The van der Waals surface area contributed by atoms with E-state index in [0.717, 1.165) is 0 Å². The van der Waals surface area contributed by atoms with Crippen molar-refractivity contribution in [3.05, 3.63) is 28.2 Å². The van der Waals surface area contributed by atoms with Crippen LogP contribution in [0.5, 0.6) is 5.75 Å². The molecule has 1 aromatic rings. The second-order valence-electron chi connectivity index (χ2n) is 3.04. The molecule has 1 atom stereocenters. The van der Waals surface area contributed by atoms with Crippen molar-refractivity contribution in [2.75, 3.05) is 7.11 Å². The van der Waals surface area contributed by atoms with Crippen LogP contribution in [-0.4, -0.2) is 19.0 Å². The third-order valence-electron chi connectivity index (χ3n) is 2.18. The molecule has 15 heavy (non-hydrogen) atoms. The van der Waals surface area contributed by atoms with Crippen LogP contribution in [0.4, 0.5) is 0 Å². The number of halogens is 1. The van der Waals surface area contributed by atoms with Gasteiger partial charge in [0, 0.05) is 5.56 Å². The molecule has 1 heterocycles. The van der Waals surface area contributed by atoms with Gasteiger partial charge in [-0.3, -0.25) is 9.59 Å². The number of hydrogen-bond donors (Lipinski definition) is 0. The smallest absolute Gasteiger partial charge is 0.330 e. The Kier molecular flexibility index (Phi) is 2.48. The lowest BCUT2D eigenvalue weighted by atomic mass is 10.0. The van der Waals surface area contributed by atoms with Crippen molar-refractivity contribution in [1.29, 1.82) is 0 Å². The highest BCUT2D eigenvalue weighted by molar-refractivity contribution is 9.10. The zero-order valence-electron chi connectivity index (χ0n) is 7.82. The van der Waals surface area contributed by atoms with E-state index in [9.17, 15) is 9.59 Å². The van der Waals surface area contributed by atoms with Crippen molar-refractivity contribution >= 4 is 27.9 Å². The number of ether oxygens (including phenoxy) is 2. The van der Waals surface area contributed by atoms with Crippen LogP contribution >= 0.6 is 15.9 Å². The van der Waals surface area contributed by atoms with Gasteiger partial charge in [-0.15, -0.1) is 0 Å². The predicted molar refractivity (Wildman–Crippen MR) is 54.5 cm³/mol. The van der Waals surface area contributed by atoms with Gasteiger partial charge in [0.25, 0.3) is 0 Å². The molecule has 0 N–H and O–H groups in total. The van der Waals surface area contributed by atoms with E-state index in [1.807, 2.05) is 0 Å². The van der Waals surface area contributed by atoms with Crippen LogP contribution in [0.2, 0.25) is 0 Å². The normalized spacial score (nSPS) is 18.3. The summed E-state index contributed by atoms with van der Waals surface area (Å²) >= 11 is 3.24. The number of benzene rings is 1. The van der Waals surface area contributed by atoms with Gasteiger partial charge in [0.05, 0.1) is 11.6 Å². The molecule has 0 aliphatic carbocycles. The second-order valence-corrected chi connectivity index (χ2v) is 3.89. The van der Waals surface area contributed by atoms with Gasteiger partial charge < -0.3 is 9.47 Å². The number of rotatable bonds is 1. The van der Waals surface area contributed by atoms with E-state index in [1.54, 1.807) is 18.2 Å². The molecular weight excluding hydrogens is 264 g/mol. The van der Waals surface area contributed by atoms with Gasteiger partial charge in [-0.05, 0) is 22.0 Å². The molecule has 2 rings (SSSR count). The number of para-hydroxylation sites is 1. The summed E-state index contributed by atoms with van der Waals surface area (Å²) in [6, 6.07) is 5.15. The first-order chi connectivity index (χ1) is 7.15. The molecular formula is C10H7BrO4. The summed E-state index contributed by atoms with van der Waals surface area (Å²) in [5, 5.41) is 0. The molecule has 0 amide bonds. The fraction of sp³-hybridized carbons (Fsp3) is 0.200. The maximum atomic E-state index is 11.4. The van der Waals surface area contributed by atoms with Gasteiger partial charge >= 0.3 is 11.9 Å².